The standard InChI is InChI=1S/C35H50O6/c1-23(6-4-5-20-40-32(38)24-7-9-25(10-8-24)33(39)41-21-19-36)29-13-14-30-28-12-11-26-22-27(37)15-17-34(26,2)31(28)16-18-35(29,30)3/h7-11,23,27-31,36-37H,4-6,12-22H2,1-3H3/t23-,27+,28+,29-,30+,31+,34+,35-/m1/s1. The average Bonchev–Trinajstić information content (AvgIpc) is 3.33. The predicted octanol–water partition coefficient (Wildman–Crippen LogP) is 6.74. The molecule has 1 aromatic rings. The Morgan fingerprint density at radius 3 is 2.29 bits per heavy atom. The first-order chi connectivity index (χ1) is 19.7. The minimum atomic E-state index is -0.521. The normalized spacial score (nSPS) is 35.0. The van der Waals surface area contributed by atoms with Crippen molar-refractivity contribution in [3.05, 3.63) is 47.0 Å². The van der Waals surface area contributed by atoms with Gasteiger partial charge in [0.05, 0.1) is 30.4 Å². The first-order valence-electron chi connectivity index (χ1n) is 16.1. The van der Waals surface area contributed by atoms with Crippen LogP contribution in [0.25, 0.3) is 0 Å². The maximum absolute atomic E-state index is 12.5. The van der Waals surface area contributed by atoms with Crippen molar-refractivity contribution in [3.63, 3.8) is 0 Å². The molecule has 0 spiro atoms. The van der Waals surface area contributed by atoms with E-state index in [-0.39, 0.29) is 25.3 Å². The first-order valence-corrected chi connectivity index (χ1v) is 16.1. The van der Waals surface area contributed by atoms with Crippen molar-refractivity contribution < 1.29 is 29.3 Å². The zero-order valence-electron chi connectivity index (χ0n) is 25.3. The van der Waals surface area contributed by atoms with Gasteiger partial charge in [-0.2, -0.15) is 0 Å². The van der Waals surface area contributed by atoms with E-state index < -0.39 is 5.97 Å². The van der Waals surface area contributed by atoms with Gasteiger partial charge in [-0.25, -0.2) is 9.59 Å². The minimum absolute atomic E-state index is 0.0485. The van der Waals surface area contributed by atoms with E-state index in [1.165, 1.54) is 38.5 Å². The monoisotopic (exact) mass is 566 g/mol. The highest BCUT2D eigenvalue weighted by Crippen LogP contribution is 2.67. The molecule has 4 aliphatic rings. The lowest BCUT2D eigenvalue weighted by molar-refractivity contribution is -0.0573. The second-order valence-electron chi connectivity index (χ2n) is 13.9. The van der Waals surface area contributed by atoms with Crippen molar-refractivity contribution in [2.45, 2.75) is 97.5 Å². The molecule has 2 N–H and O–H groups in total. The van der Waals surface area contributed by atoms with Gasteiger partial charge >= 0.3 is 11.9 Å². The third-order valence-electron chi connectivity index (χ3n) is 11.8. The lowest BCUT2D eigenvalue weighted by Crippen LogP contribution is -2.50. The van der Waals surface area contributed by atoms with Crippen LogP contribution in [0, 0.1) is 40.4 Å². The van der Waals surface area contributed by atoms with Crippen molar-refractivity contribution >= 4 is 11.9 Å². The summed E-state index contributed by atoms with van der Waals surface area (Å²) in [6, 6.07) is 6.24. The molecule has 6 nitrogen and oxygen atoms in total. The Hall–Kier alpha value is -2.18. The molecule has 0 radical (unpaired) electrons. The number of aliphatic hydroxyl groups is 2. The second-order valence-corrected chi connectivity index (χ2v) is 13.9. The fourth-order valence-corrected chi connectivity index (χ4v) is 9.60. The number of aliphatic hydroxyl groups excluding tert-OH is 2. The number of rotatable bonds is 10. The van der Waals surface area contributed by atoms with Gasteiger partial charge in [-0.1, -0.05) is 38.8 Å². The molecule has 3 saturated carbocycles. The quantitative estimate of drug-likeness (QED) is 0.185. The van der Waals surface area contributed by atoms with E-state index in [1.807, 2.05) is 0 Å². The number of allylic oxidation sites excluding steroid dienone is 1. The highest BCUT2D eigenvalue weighted by Gasteiger charge is 2.59. The van der Waals surface area contributed by atoms with Crippen LogP contribution < -0.4 is 0 Å². The van der Waals surface area contributed by atoms with Crippen LogP contribution in [-0.4, -0.2) is 48.1 Å². The van der Waals surface area contributed by atoms with E-state index in [0.717, 1.165) is 55.8 Å². The summed E-state index contributed by atoms with van der Waals surface area (Å²) in [5.41, 5.74) is 3.05. The molecular weight excluding hydrogens is 516 g/mol. The Labute approximate surface area is 245 Å². The minimum Gasteiger partial charge on any atom is -0.462 e. The molecule has 0 aromatic heterocycles. The zero-order chi connectivity index (χ0) is 29.2. The molecule has 8 atom stereocenters. The Morgan fingerprint density at radius 1 is 0.927 bits per heavy atom. The van der Waals surface area contributed by atoms with Crippen LogP contribution in [0.2, 0.25) is 0 Å². The summed E-state index contributed by atoms with van der Waals surface area (Å²) in [6.45, 7) is 7.70. The maximum atomic E-state index is 12.5. The fourth-order valence-electron chi connectivity index (χ4n) is 9.60. The predicted molar refractivity (Wildman–Crippen MR) is 158 cm³/mol. The number of fused-ring (bicyclic) bond motifs is 5. The van der Waals surface area contributed by atoms with Gasteiger partial charge in [0.2, 0.25) is 0 Å². The highest BCUT2D eigenvalue weighted by atomic mass is 16.5. The molecule has 3 fully saturated rings. The number of carbonyl (C=O) groups excluding carboxylic acids is 2. The number of benzene rings is 1. The van der Waals surface area contributed by atoms with Gasteiger partial charge in [-0.3, -0.25) is 0 Å². The van der Waals surface area contributed by atoms with Gasteiger partial charge in [0.15, 0.2) is 0 Å². The van der Waals surface area contributed by atoms with Crippen LogP contribution in [0.4, 0.5) is 0 Å². The van der Waals surface area contributed by atoms with Gasteiger partial charge in [-0.05, 0) is 129 Å². The number of esters is 2. The Bertz CT molecular complexity index is 1110. The molecular formula is C35H50O6. The average molecular weight is 567 g/mol. The van der Waals surface area contributed by atoms with Crippen LogP contribution >= 0.6 is 0 Å². The molecule has 0 bridgehead atoms. The van der Waals surface area contributed by atoms with Crippen LogP contribution in [0.1, 0.15) is 112 Å². The SMILES string of the molecule is C[C@H](CCCCOC(=O)c1ccc(C(=O)OCCO)cc1)[C@H]1CC[C@H]2[C@@H]3CC=C4C[C@@H](O)CC[C@]4(C)[C@H]3CC[C@]12C. The van der Waals surface area contributed by atoms with Crippen molar-refractivity contribution in [3.8, 4) is 0 Å². The first kappa shape index (κ1) is 30.3. The van der Waals surface area contributed by atoms with Crippen molar-refractivity contribution in [1.82, 2.24) is 0 Å². The highest BCUT2D eigenvalue weighted by molar-refractivity contribution is 5.93. The lowest BCUT2D eigenvalue weighted by atomic mass is 9.47. The van der Waals surface area contributed by atoms with Crippen LogP contribution in [-0.2, 0) is 9.47 Å². The van der Waals surface area contributed by atoms with Gasteiger partial charge in [0.25, 0.3) is 0 Å². The summed E-state index contributed by atoms with van der Waals surface area (Å²) in [4.78, 5) is 24.3. The zero-order valence-corrected chi connectivity index (χ0v) is 25.3. The topological polar surface area (TPSA) is 93.1 Å². The van der Waals surface area contributed by atoms with Gasteiger partial charge in [0, 0.05) is 0 Å². The number of hydrogen-bond acceptors (Lipinski definition) is 6. The summed E-state index contributed by atoms with van der Waals surface area (Å²) < 4.78 is 10.4. The van der Waals surface area contributed by atoms with Crippen molar-refractivity contribution in [1.29, 1.82) is 0 Å². The van der Waals surface area contributed by atoms with E-state index in [2.05, 4.69) is 26.8 Å². The smallest absolute Gasteiger partial charge is 0.338 e. The van der Waals surface area contributed by atoms with Crippen LogP contribution in [0.15, 0.2) is 35.9 Å². The van der Waals surface area contributed by atoms with E-state index >= 15 is 0 Å². The van der Waals surface area contributed by atoms with Gasteiger partial charge in [-0.15, -0.1) is 0 Å². The Morgan fingerprint density at radius 2 is 1.61 bits per heavy atom. The molecule has 226 valence electrons. The van der Waals surface area contributed by atoms with Crippen LogP contribution in [0.3, 0.4) is 0 Å². The largest absolute Gasteiger partial charge is 0.462 e. The number of unbranched alkanes of at least 4 members (excludes halogenated alkanes) is 1. The molecule has 0 heterocycles. The molecule has 0 unspecified atom stereocenters. The van der Waals surface area contributed by atoms with E-state index in [9.17, 15) is 14.7 Å². The molecule has 1 aromatic carbocycles. The molecule has 5 rings (SSSR count). The Kier molecular flexibility index (Phi) is 9.30. The van der Waals surface area contributed by atoms with Crippen molar-refractivity contribution in [2.75, 3.05) is 19.8 Å². The number of ether oxygens (including phenoxy) is 2. The van der Waals surface area contributed by atoms with Gasteiger partial charge in [0.1, 0.15) is 6.61 Å². The van der Waals surface area contributed by atoms with E-state index in [4.69, 9.17) is 14.6 Å². The number of carbonyl (C=O) groups is 2. The number of hydrogen-bond donors (Lipinski definition) is 2. The fraction of sp³-hybridized carbons (Fsp3) is 0.714. The molecule has 0 saturated heterocycles. The third-order valence-corrected chi connectivity index (χ3v) is 11.8. The van der Waals surface area contributed by atoms with E-state index in [1.54, 1.807) is 29.8 Å². The lowest BCUT2D eigenvalue weighted by Gasteiger charge is -2.58. The maximum Gasteiger partial charge on any atom is 0.338 e. The third kappa shape index (κ3) is 6.01. The molecule has 41 heavy (non-hydrogen) atoms. The molecule has 4 aliphatic carbocycles. The summed E-state index contributed by atoms with van der Waals surface area (Å²) in [6.07, 6.45) is 15.1. The van der Waals surface area contributed by atoms with Crippen molar-refractivity contribution in [2.24, 2.45) is 40.4 Å². The molecule has 0 amide bonds. The van der Waals surface area contributed by atoms with Gasteiger partial charge < -0.3 is 19.7 Å². The summed E-state index contributed by atoms with van der Waals surface area (Å²) in [7, 11) is 0. The summed E-state index contributed by atoms with van der Waals surface area (Å²) >= 11 is 0. The van der Waals surface area contributed by atoms with E-state index in [0.29, 0.717) is 34.5 Å². The summed E-state index contributed by atoms with van der Waals surface area (Å²) in [5.74, 6) is 2.95. The second kappa shape index (κ2) is 12.6. The molecule has 6 heteroatoms. The van der Waals surface area contributed by atoms with Crippen LogP contribution in [0.5, 0.6) is 0 Å². The molecule has 0 aliphatic heterocycles. The summed E-state index contributed by atoms with van der Waals surface area (Å²) in [5, 5.41) is 19.1. The Balaban J connectivity index is 1.08.